The molecule has 0 radical (unpaired) electrons. The van der Waals surface area contributed by atoms with Crippen molar-refractivity contribution in [1.29, 1.82) is 0 Å². The fraction of sp³-hybridized carbons (Fsp3) is 0.700. The van der Waals surface area contributed by atoms with Gasteiger partial charge in [-0.15, -0.1) is 0 Å². The molecule has 78 valence electrons. The summed E-state index contributed by atoms with van der Waals surface area (Å²) in [5.41, 5.74) is 7.26. The van der Waals surface area contributed by atoms with Crippen LogP contribution in [0.25, 0.3) is 0 Å². The molecule has 1 aromatic heterocycles. The topological polar surface area (TPSA) is 53.1 Å². The van der Waals surface area contributed by atoms with E-state index in [1.165, 1.54) is 5.56 Å². The van der Waals surface area contributed by atoms with Crippen molar-refractivity contribution < 1.29 is 4.74 Å². The van der Waals surface area contributed by atoms with Gasteiger partial charge in [0.25, 0.3) is 0 Å². The lowest BCUT2D eigenvalue weighted by atomic mass is 10.0. The standard InChI is InChI=1S/C10H17N3O/c1-8-4-12-13(5-8)6-10(11)9-2-3-14-7-9/h4-5,9-10H,2-3,6-7,11H2,1H3. The van der Waals surface area contributed by atoms with Crippen molar-refractivity contribution in [2.75, 3.05) is 13.2 Å². The highest BCUT2D eigenvalue weighted by Gasteiger charge is 2.22. The Morgan fingerprint density at radius 1 is 1.79 bits per heavy atom. The van der Waals surface area contributed by atoms with E-state index in [1.807, 2.05) is 24.0 Å². The molecule has 1 aromatic rings. The number of rotatable bonds is 3. The second kappa shape index (κ2) is 4.11. The van der Waals surface area contributed by atoms with E-state index in [4.69, 9.17) is 10.5 Å². The van der Waals surface area contributed by atoms with Crippen molar-refractivity contribution in [1.82, 2.24) is 9.78 Å². The van der Waals surface area contributed by atoms with Gasteiger partial charge in [-0.3, -0.25) is 4.68 Å². The molecule has 2 N–H and O–H groups in total. The van der Waals surface area contributed by atoms with E-state index < -0.39 is 0 Å². The van der Waals surface area contributed by atoms with Crippen LogP contribution in [0.3, 0.4) is 0 Å². The minimum absolute atomic E-state index is 0.164. The monoisotopic (exact) mass is 195 g/mol. The second-order valence-electron chi connectivity index (χ2n) is 4.03. The molecule has 2 heterocycles. The Kier molecular flexibility index (Phi) is 2.84. The largest absolute Gasteiger partial charge is 0.381 e. The van der Waals surface area contributed by atoms with E-state index in [-0.39, 0.29) is 6.04 Å². The van der Waals surface area contributed by atoms with Gasteiger partial charge in [-0.1, -0.05) is 0 Å². The van der Waals surface area contributed by atoms with E-state index in [0.717, 1.165) is 26.2 Å². The lowest BCUT2D eigenvalue weighted by Gasteiger charge is -2.17. The maximum atomic E-state index is 6.08. The number of aryl methyl sites for hydroxylation is 1. The number of nitrogens with two attached hydrogens (primary N) is 1. The highest BCUT2D eigenvalue weighted by Crippen LogP contribution is 2.16. The summed E-state index contributed by atoms with van der Waals surface area (Å²) in [6.45, 7) is 4.49. The summed E-state index contributed by atoms with van der Waals surface area (Å²) in [5, 5.41) is 4.22. The number of aromatic nitrogens is 2. The molecule has 1 saturated heterocycles. The van der Waals surface area contributed by atoms with Crippen molar-refractivity contribution in [3.63, 3.8) is 0 Å². The van der Waals surface area contributed by atoms with Gasteiger partial charge in [0, 0.05) is 24.8 Å². The number of nitrogens with zero attached hydrogens (tertiary/aromatic N) is 2. The minimum atomic E-state index is 0.164. The van der Waals surface area contributed by atoms with Crippen LogP contribution >= 0.6 is 0 Å². The first-order valence-electron chi connectivity index (χ1n) is 5.08. The smallest absolute Gasteiger partial charge is 0.0564 e. The first-order valence-corrected chi connectivity index (χ1v) is 5.08. The Bertz CT molecular complexity index is 291. The zero-order chi connectivity index (χ0) is 9.97. The maximum absolute atomic E-state index is 6.08. The van der Waals surface area contributed by atoms with Crippen LogP contribution in [0.5, 0.6) is 0 Å². The molecular weight excluding hydrogens is 178 g/mol. The second-order valence-corrected chi connectivity index (χ2v) is 4.03. The molecule has 1 aliphatic rings. The summed E-state index contributed by atoms with van der Waals surface area (Å²) in [7, 11) is 0. The highest BCUT2D eigenvalue weighted by molar-refractivity contribution is 4.99. The van der Waals surface area contributed by atoms with E-state index in [9.17, 15) is 0 Å². The molecule has 0 saturated carbocycles. The van der Waals surface area contributed by atoms with Gasteiger partial charge >= 0.3 is 0 Å². The van der Waals surface area contributed by atoms with Gasteiger partial charge in [0.15, 0.2) is 0 Å². The predicted octanol–water partition coefficient (Wildman–Crippen LogP) is 0.555. The van der Waals surface area contributed by atoms with Gasteiger partial charge in [-0.2, -0.15) is 5.10 Å². The Hall–Kier alpha value is -0.870. The highest BCUT2D eigenvalue weighted by atomic mass is 16.5. The Morgan fingerprint density at radius 3 is 3.21 bits per heavy atom. The zero-order valence-corrected chi connectivity index (χ0v) is 8.52. The first kappa shape index (κ1) is 9.68. The molecule has 2 unspecified atom stereocenters. The summed E-state index contributed by atoms with van der Waals surface area (Å²) in [6.07, 6.45) is 4.97. The lowest BCUT2D eigenvalue weighted by molar-refractivity contribution is 0.178. The van der Waals surface area contributed by atoms with Gasteiger partial charge in [0.1, 0.15) is 0 Å². The van der Waals surface area contributed by atoms with E-state index in [2.05, 4.69) is 5.10 Å². The van der Waals surface area contributed by atoms with Crippen LogP contribution in [-0.2, 0) is 11.3 Å². The lowest BCUT2D eigenvalue weighted by Crippen LogP contribution is -2.34. The summed E-state index contributed by atoms with van der Waals surface area (Å²) < 4.78 is 7.23. The molecule has 4 nitrogen and oxygen atoms in total. The third-order valence-electron chi connectivity index (χ3n) is 2.73. The number of ether oxygens (including phenoxy) is 1. The molecule has 0 amide bonds. The molecule has 4 heteroatoms. The van der Waals surface area contributed by atoms with Crippen LogP contribution in [-0.4, -0.2) is 29.0 Å². The molecule has 14 heavy (non-hydrogen) atoms. The quantitative estimate of drug-likeness (QED) is 0.766. The molecule has 1 aliphatic heterocycles. The van der Waals surface area contributed by atoms with Crippen LogP contribution in [0.1, 0.15) is 12.0 Å². The van der Waals surface area contributed by atoms with E-state index in [0.29, 0.717) is 5.92 Å². The summed E-state index contributed by atoms with van der Waals surface area (Å²) in [4.78, 5) is 0. The number of hydrogen-bond donors (Lipinski definition) is 1. The average molecular weight is 195 g/mol. The van der Waals surface area contributed by atoms with Crippen LogP contribution in [0.4, 0.5) is 0 Å². The van der Waals surface area contributed by atoms with Gasteiger partial charge in [0.05, 0.1) is 19.3 Å². The van der Waals surface area contributed by atoms with Crippen LogP contribution < -0.4 is 5.73 Å². The van der Waals surface area contributed by atoms with Crippen molar-refractivity contribution in [2.24, 2.45) is 11.7 Å². The molecular formula is C10H17N3O. The third kappa shape index (κ3) is 2.13. The minimum Gasteiger partial charge on any atom is -0.381 e. The Morgan fingerprint density at radius 2 is 2.64 bits per heavy atom. The zero-order valence-electron chi connectivity index (χ0n) is 8.52. The van der Waals surface area contributed by atoms with Gasteiger partial charge < -0.3 is 10.5 Å². The van der Waals surface area contributed by atoms with Gasteiger partial charge in [-0.05, 0) is 18.9 Å². The summed E-state index contributed by atoms with van der Waals surface area (Å²) in [6, 6.07) is 0.164. The maximum Gasteiger partial charge on any atom is 0.0564 e. The fourth-order valence-electron chi connectivity index (χ4n) is 1.82. The molecule has 0 aromatic carbocycles. The van der Waals surface area contributed by atoms with Crippen molar-refractivity contribution in [2.45, 2.75) is 25.9 Å². The van der Waals surface area contributed by atoms with Crippen molar-refractivity contribution in [3.05, 3.63) is 18.0 Å². The molecule has 0 spiro atoms. The van der Waals surface area contributed by atoms with E-state index in [1.54, 1.807) is 0 Å². The molecule has 0 aliphatic carbocycles. The van der Waals surface area contributed by atoms with Crippen molar-refractivity contribution >= 4 is 0 Å². The molecule has 2 atom stereocenters. The van der Waals surface area contributed by atoms with Crippen LogP contribution in [0.2, 0.25) is 0 Å². The van der Waals surface area contributed by atoms with Gasteiger partial charge in [0.2, 0.25) is 0 Å². The average Bonchev–Trinajstić information content (AvgIpc) is 2.75. The molecule has 0 bridgehead atoms. The van der Waals surface area contributed by atoms with Crippen LogP contribution in [0.15, 0.2) is 12.4 Å². The Labute approximate surface area is 84.0 Å². The number of hydrogen-bond acceptors (Lipinski definition) is 3. The summed E-state index contributed by atoms with van der Waals surface area (Å²) in [5.74, 6) is 0.500. The third-order valence-corrected chi connectivity index (χ3v) is 2.73. The van der Waals surface area contributed by atoms with Crippen LogP contribution in [0, 0.1) is 12.8 Å². The SMILES string of the molecule is Cc1cnn(CC(N)C2CCOC2)c1. The predicted molar refractivity (Wildman–Crippen MR) is 53.9 cm³/mol. The van der Waals surface area contributed by atoms with Gasteiger partial charge in [-0.25, -0.2) is 0 Å². The first-order chi connectivity index (χ1) is 6.75. The molecule has 2 rings (SSSR count). The summed E-state index contributed by atoms with van der Waals surface area (Å²) >= 11 is 0. The fourth-order valence-corrected chi connectivity index (χ4v) is 1.82. The Balaban J connectivity index is 1.90. The van der Waals surface area contributed by atoms with E-state index >= 15 is 0 Å². The normalized spacial score (nSPS) is 24.0. The van der Waals surface area contributed by atoms with Crippen molar-refractivity contribution in [3.8, 4) is 0 Å². The molecule has 1 fully saturated rings.